The van der Waals surface area contributed by atoms with Gasteiger partial charge >= 0.3 is 0 Å². The van der Waals surface area contributed by atoms with Crippen LogP contribution in [-0.4, -0.2) is 11.1 Å². The van der Waals surface area contributed by atoms with E-state index in [1.54, 1.807) is 30.5 Å². The molecule has 0 bridgehead atoms. The van der Waals surface area contributed by atoms with Crippen molar-refractivity contribution in [1.82, 2.24) is 4.57 Å². The van der Waals surface area contributed by atoms with Gasteiger partial charge in [-0.1, -0.05) is 0 Å². The zero-order valence-corrected chi connectivity index (χ0v) is 9.48. The number of nitrogens with one attached hydrogen (secondary N) is 1. The first-order valence-corrected chi connectivity index (χ1v) is 5.44. The minimum Gasteiger partial charge on any atom is -0.381 e. The highest BCUT2D eigenvalue weighted by Crippen LogP contribution is 2.08. The number of hydrogen-bond donors (Lipinski definition) is 1. The maximum absolute atomic E-state index is 12.8. The number of nitrogens with zero attached hydrogens (tertiary/aromatic N) is 1. The Hall–Kier alpha value is -2.10. The van der Waals surface area contributed by atoms with Crippen LogP contribution in [0.2, 0.25) is 0 Å². The van der Waals surface area contributed by atoms with E-state index < -0.39 is 0 Å². The lowest BCUT2D eigenvalue weighted by atomic mass is 10.3. The van der Waals surface area contributed by atoms with Gasteiger partial charge in [0.15, 0.2) is 0 Å². The van der Waals surface area contributed by atoms with E-state index >= 15 is 0 Å². The third kappa shape index (κ3) is 2.36. The summed E-state index contributed by atoms with van der Waals surface area (Å²) in [6.45, 7) is 2.61. The fourth-order valence-electron chi connectivity index (χ4n) is 1.62. The van der Waals surface area contributed by atoms with Gasteiger partial charge in [-0.2, -0.15) is 0 Å². The second kappa shape index (κ2) is 4.82. The topological polar surface area (TPSA) is 34.0 Å². The molecule has 2 aromatic rings. The molecule has 0 aliphatic heterocycles. The van der Waals surface area contributed by atoms with Gasteiger partial charge in [0.2, 0.25) is 0 Å². The Bertz CT molecular complexity index is 560. The lowest BCUT2D eigenvalue weighted by Gasteiger charge is -2.08. The van der Waals surface area contributed by atoms with Gasteiger partial charge in [-0.25, -0.2) is 4.39 Å². The molecule has 88 valence electrons. The molecule has 0 atom stereocenters. The molecule has 0 unspecified atom stereocenters. The molecule has 0 aliphatic carbocycles. The van der Waals surface area contributed by atoms with Crippen LogP contribution in [0.1, 0.15) is 6.92 Å². The fraction of sp³-hybridized carbons (Fsp3) is 0.154. The molecular weight excluding hydrogens is 219 g/mol. The number of rotatable bonds is 3. The Morgan fingerprint density at radius 1 is 1.24 bits per heavy atom. The summed E-state index contributed by atoms with van der Waals surface area (Å²) in [7, 11) is 0. The van der Waals surface area contributed by atoms with Gasteiger partial charge in [0.05, 0.1) is 0 Å². The summed E-state index contributed by atoms with van der Waals surface area (Å²) >= 11 is 0. The van der Waals surface area contributed by atoms with Crippen molar-refractivity contribution < 1.29 is 4.39 Å². The molecular formula is C13H13FN2O. The molecule has 1 aromatic carbocycles. The maximum Gasteiger partial charge on any atom is 0.278 e. The molecule has 2 rings (SSSR count). The standard InChI is InChI=1S/C13H13FN2O/c1-2-15-12-4-3-9-16(13(12)17)11-7-5-10(14)6-8-11/h3-9,15H,2H2,1H3. The van der Waals surface area contributed by atoms with E-state index in [0.29, 0.717) is 17.9 Å². The first-order chi connectivity index (χ1) is 8.22. The van der Waals surface area contributed by atoms with Gasteiger partial charge in [-0.15, -0.1) is 0 Å². The second-order valence-electron chi connectivity index (χ2n) is 3.60. The molecule has 0 radical (unpaired) electrons. The predicted molar refractivity (Wildman–Crippen MR) is 66.2 cm³/mol. The van der Waals surface area contributed by atoms with Crippen LogP contribution >= 0.6 is 0 Å². The summed E-state index contributed by atoms with van der Waals surface area (Å²) in [6, 6.07) is 9.33. The molecule has 1 heterocycles. The number of halogens is 1. The summed E-state index contributed by atoms with van der Waals surface area (Å²) in [5.74, 6) is -0.315. The minimum absolute atomic E-state index is 0.138. The van der Waals surface area contributed by atoms with Crippen molar-refractivity contribution >= 4 is 5.69 Å². The summed E-state index contributed by atoms with van der Waals surface area (Å²) in [5.41, 5.74) is 1.05. The normalized spacial score (nSPS) is 10.2. The Labute approximate surface area is 98.5 Å². The van der Waals surface area contributed by atoms with Crippen molar-refractivity contribution in [3.63, 3.8) is 0 Å². The van der Waals surface area contributed by atoms with Gasteiger partial charge in [-0.05, 0) is 43.3 Å². The van der Waals surface area contributed by atoms with Crippen LogP contribution in [0.25, 0.3) is 5.69 Å². The monoisotopic (exact) mass is 232 g/mol. The van der Waals surface area contributed by atoms with Crippen LogP contribution in [0, 0.1) is 5.82 Å². The number of anilines is 1. The Morgan fingerprint density at radius 3 is 2.59 bits per heavy atom. The van der Waals surface area contributed by atoms with Crippen molar-refractivity contribution in [1.29, 1.82) is 0 Å². The van der Waals surface area contributed by atoms with E-state index in [1.807, 2.05) is 6.92 Å². The molecule has 0 saturated carbocycles. The second-order valence-corrected chi connectivity index (χ2v) is 3.60. The zero-order chi connectivity index (χ0) is 12.3. The summed E-state index contributed by atoms with van der Waals surface area (Å²) < 4.78 is 14.3. The van der Waals surface area contributed by atoms with E-state index in [1.165, 1.54) is 16.7 Å². The van der Waals surface area contributed by atoms with E-state index in [2.05, 4.69) is 5.32 Å². The molecule has 1 N–H and O–H groups in total. The molecule has 4 heteroatoms. The SMILES string of the molecule is CCNc1cccn(-c2ccc(F)cc2)c1=O. The Balaban J connectivity index is 2.49. The highest BCUT2D eigenvalue weighted by atomic mass is 19.1. The van der Waals surface area contributed by atoms with E-state index in [-0.39, 0.29) is 11.4 Å². The lowest BCUT2D eigenvalue weighted by Crippen LogP contribution is -2.21. The Kier molecular flexibility index (Phi) is 3.23. The number of benzene rings is 1. The maximum atomic E-state index is 12.8. The number of hydrogen-bond acceptors (Lipinski definition) is 2. The molecule has 3 nitrogen and oxygen atoms in total. The third-order valence-electron chi connectivity index (χ3n) is 2.42. The molecule has 0 aliphatic rings. The van der Waals surface area contributed by atoms with Crippen molar-refractivity contribution in [2.75, 3.05) is 11.9 Å². The van der Waals surface area contributed by atoms with Crippen LogP contribution < -0.4 is 10.9 Å². The van der Waals surface area contributed by atoms with Crippen molar-refractivity contribution in [3.05, 3.63) is 58.8 Å². The molecule has 17 heavy (non-hydrogen) atoms. The molecule has 1 aromatic heterocycles. The van der Waals surface area contributed by atoms with Crippen molar-refractivity contribution in [2.24, 2.45) is 0 Å². The van der Waals surface area contributed by atoms with Gasteiger partial charge < -0.3 is 5.32 Å². The van der Waals surface area contributed by atoms with Gasteiger partial charge in [0, 0.05) is 18.4 Å². The smallest absolute Gasteiger partial charge is 0.278 e. The van der Waals surface area contributed by atoms with E-state index in [0.717, 1.165) is 0 Å². The average molecular weight is 232 g/mol. The van der Waals surface area contributed by atoms with Crippen LogP contribution in [-0.2, 0) is 0 Å². The minimum atomic E-state index is -0.315. The first kappa shape index (κ1) is 11.4. The summed E-state index contributed by atoms with van der Waals surface area (Å²) in [4.78, 5) is 12.1. The van der Waals surface area contributed by atoms with E-state index in [9.17, 15) is 9.18 Å². The van der Waals surface area contributed by atoms with E-state index in [4.69, 9.17) is 0 Å². The molecule has 0 spiro atoms. The van der Waals surface area contributed by atoms with Gasteiger partial charge in [0.25, 0.3) is 5.56 Å². The van der Waals surface area contributed by atoms with Crippen LogP contribution in [0.15, 0.2) is 47.4 Å². The largest absolute Gasteiger partial charge is 0.381 e. The van der Waals surface area contributed by atoms with Crippen LogP contribution in [0.4, 0.5) is 10.1 Å². The average Bonchev–Trinajstić information content (AvgIpc) is 2.34. The zero-order valence-electron chi connectivity index (χ0n) is 9.48. The van der Waals surface area contributed by atoms with Gasteiger partial charge in [-0.3, -0.25) is 9.36 Å². The molecule has 0 fully saturated rings. The van der Waals surface area contributed by atoms with Crippen molar-refractivity contribution in [2.45, 2.75) is 6.92 Å². The van der Waals surface area contributed by atoms with Crippen LogP contribution in [0.5, 0.6) is 0 Å². The lowest BCUT2D eigenvalue weighted by molar-refractivity contribution is 0.627. The Morgan fingerprint density at radius 2 is 1.94 bits per heavy atom. The highest BCUT2D eigenvalue weighted by molar-refractivity contribution is 5.44. The molecule has 0 saturated heterocycles. The fourth-order valence-corrected chi connectivity index (χ4v) is 1.62. The van der Waals surface area contributed by atoms with Crippen molar-refractivity contribution in [3.8, 4) is 5.69 Å². The quantitative estimate of drug-likeness (QED) is 0.881. The van der Waals surface area contributed by atoms with Crippen LogP contribution in [0.3, 0.4) is 0 Å². The third-order valence-corrected chi connectivity index (χ3v) is 2.42. The number of aromatic nitrogens is 1. The highest BCUT2D eigenvalue weighted by Gasteiger charge is 2.03. The summed E-state index contributed by atoms with van der Waals surface area (Å²) in [6.07, 6.45) is 1.66. The van der Waals surface area contributed by atoms with Gasteiger partial charge in [0.1, 0.15) is 11.5 Å². The number of pyridine rings is 1. The first-order valence-electron chi connectivity index (χ1n) is 5.44. The molecule has 0 amide bonds. The predicted octanol–water partition coefficient (Wildman–Crippen LogP) is 2.41. The summed E-state index contributed by atoms with van der Waals surface area (Å²) in [5, 5.41) is 2.99.